The van der Waals surface area contributed by atoms with Gasteiger partial charge >= 0.3 is 0 Å². The van der Waals surface area contributed by atoms with Gasteiger partial charge in [0.25, 0.3) is 5.69 Å². The first-order chi connectivity index (χ1) is 8.52. The maximum absolute atomic E-state index is 10.9. The van der Waals surface area contributed by atoms with Gasteiger partial charge in [-0.3, -0.25) is 10.1 Å². The number of hydrogen-bond acceptors (Lipinski definition) is 4. The van der Waals surface area contributed by atoms with Gasteiger partial charge in [-0.2, -0.15) is 0 Å². The number of hydrogen-bond donors (Lipinski definition) is 2. The molecule has 0 bridgehead atoms. The fourth-order valence-electron chi connectivity index (χ4n) is 2.39. The third kappa shape index (κ3) is 2.61. The second-order valence-corrected chi connectivity index (χ2v) is 5.14. The van der Waals surface area contributed by atoms with Crippen LogP contribution in [0, 0.1) is 17.0 Å². The molecule has 0 saturated carbocycles. The van der Waals surface area contributed by atoms with Gasteiger partial charge in [0.1, 0.15) is 0 Å². The molecule has 0 amide bonds. The second kappa shape index (κ2) is 4.94. The smallest absolute Gasteiger partial charge is 0.274 e. The fraction of sp³-hybridized carbons (Fsp3) is 0.538. The van der Waals surface area contributed by atoms with E-state index in [9.17, 15) is 10.1 Å². The Kier molecular flexibility index (Phi) is 3.52. The Morgan fingerprint density at radius 1 is 1.39 bits per heavy atom. The standard InChI is InChI=1S/C13H19N3O2/c1-10-11(4-3-5-12(10)16(17)18)15-13(2)6-8-14-9-7-13/h3-5,14-15H,6-9H2,1-2H3. The van der Waals surface area contributed by atoms with Gasteiger partial charge in [0.15, 0.2) is 0 Å². The molecule has 18 heavy (non-hydrogen) atoms. The van der Waals surface area contributed by atoms with Crippen molar-refractivity contribution in [3.05, 3.63) is 33.9 Å². The lowest BCUT2D eigenvalue weighted by Gasteiger charge is -2.36. The first kappa shape index (κ1) is 12.8. The Morgan fingerprint density at radius 2 is 2.06 bits per heavy atom. The number of benzene rings is 1. The van der Waals surface area contributed by atoms with Crippen molar-refractivity contribution in [3.8, 4) is 0 Å². The van der Waals surface area contributed by atoms with Crippen molar-refractivity contribution in [2.75, 3.05) is 18.4 Å². The summed E-state index contributed by atoms with van der Waals surface area (Å²) in [5.74, 6) is 0. The minimum absolute atomic E-state index is 0.0191. The van der Waals surface area contributed by atoms with E-state index in [2.05, 4.69) is 17.6 Å². The lowest BCUT2D eigenvalue weighted by Crippen LogP contribution is -2.45. The molecule has 1 heterocycles. The van der Waals surface area contributed by atoms with Crippen molar-refractivity contribution in [1.29, 1.82) is 0 Å². The third-order valence-corrected chi connectivity index (χ3v) is 3.65. The van der Waals surface area contributed by atoms with Gasteiger partial charge in [-0.15, -0.1) is 0 Å². The zero-order valence-corrected chi connectivity index (χ0v) is 10.8. The van der Waals surface area contributed by atoms with Gasteiger partial charge in [-0.1, -0.05) is 6.07 Å². The van der Waals surface area contributed by atoms with Crippen LogP contribution in [-0.4, -0.2) is 23.6 Å². The van der Waals surface area contributed by atoms with E-state index < -0.39 is 0 Å². The summed E-state index contributed by atoms with van der Waals surface area (Å²) >= 11 is 0. The Balaban J connectivity index is 2.23. The summed E-state index contributed by atoms with van der Waals surface area (Å²) < 4.78 is 0. The van der Waals surface area contributed by atoms with Crippen molar-refractivity contribution >= 4 is 11.4 Å². The largest absolute Gasteiger partial charge is 0.379 e. The summed E-state index contributed by atoms with van der Waals surface area (Å²) in [4.78, 5) is 10.6. The molecular formula is C13H19N3O2. The molecule has 0 radical (unpaired) electrons. The number of anilines is 1. The summed E-state index contributed by atoms with van der Waals surface area (Å²) in [6, 6.07) is 5.19. The van der Waals surface area contributed by atoms with Crippen molar-refractivity contribution in [2.45, 2.75) is 32.2 Å². The first-order valence-corrected chi connectivity index (χ1v) is 6.25. The Bertz CT molecular complexity index is 454. The van der Waals surface area contributed by atoms with Crippen molar-refractivity contribution in [2.24, 2.45) is 0 Å². The van der Waals surface area contributed by atoms with Crippen LogP contribution in [0.2, 0.25) is 0 Å². The van der Waals surface area contributed by atoms with Gasteiger partial charge < -0.3 is 10.6 Å². The van der Waals surface area contributed by atoms with Crippen LogP contribution in [-0.2, 0) is 0 Å². The molecule has 0 aliphatic carbocycles. The maximum Gasteiger partial charge on any atom is 0.274 e. The number of piperidine rings is 1. The summed E-state index contributed by atoms with van der Waals surface area (Å²) in [6.45, 7) is 5.94. The number of nitro benzene ring substituents is 1. The maximum atomic E-state index is 10.9. The van der Waals surface area contributed by atoms with E-state index in [0.29, 0.717) is 5.56 Å². The quantitative estimate of drug-likeness (QED) is 0.638. The minimum Gasteiger partial charge on any atom is -0.379 e. The summed E-state index contributed by atoms with van der Waals surface area (Å²) in [5, 5.41) is 17.7. The highest BCUT2D eigenvalue weighted by molar-refractivity contribution is 5.60. The van der Waals surface area contributed by atoms with Gasteiger partial charge in [0.2, 0.25) is 0 Å². The van der Waals surface area contributed by atoms with E-state index in [1.165, 1.54) is 0 Å². The van der Waals surface area contributed by atoms with E-state index in [0.717, 1.165) is 31.6 Å². The highest BCUT2D eigenvalue weighted by Gasteiger charge is 2.27. The summed E-state index contributed by atoms with van der Waals surface area (Å²) in [7, 11) is 0. The predicted octanol–water partition coefficient (Wildman–Crippen LogP) is 2.46. The molecule has 2 N–H and O–H groups in total. The molecule has 0 atom stereocenters. The van der Waals surface area contributed by atoms with Crippen molar-refractivity contribution < 1.29 is 4.92 Å². The lowest BCUT2D eigenvalue weighted by molar-refractivity contribution is -0.385. The molecule has 5 heteroatoms. The van der Waals surface area contributed by atoms with Crippen LogP contribution in [0.3, 0.4) is 0 Å². The zero-order valence-electron chi connectivity index (χ0n) is 10.8. The fourth-order valence-corrected chi connectivity index (χ4v) is 2.39. The van der Waals surface area contributed by atoms with Crippen LogP contribution in [0.15, 0.2) is 18.2 Å². The molecule has 0 unspecified atom stereocenters. The summed E-state index contributed by atoms with van der Waals surface area (Å²) in [5.41, 5.74) is 1.78. The van der Waals surface area contributed by atoms with Crippen LogP contribution in [0.5, 0.6) is 0 Å². The molecular weight excluding hydrogens is 230 g/mol. The van der Waals surface area contributed by atoms with E-state index >= 15 is 0 Å². The normalized spacial score (nSPS) is 18.3. The lowest BCUT2D eigenvalue weighted by atomic mass is 9.90. The molecule has 2 rings (SSSR count). The van der Waals surface area contributed by atoms with Crippen molar-refractivity contribution in [3.63, 3.8) is 0 Å². The molecule has 1 aliphatic heterocycles. The van der Waals surface area contributed by atoms with E-state index in [-0.39, 0.29) is 16.1 Å². The van der Waals surface area contributed by atoms with Gasteiger partial charge in [0, 0.05) is 22.9 Å². The number of rotatable bonds is 3. The van der Waals surface area contributed by atoms with Gasteiger partial charge in [0.05, 0.1) is 4.92 Å². The van der Waals surface area contributed by atoms with Crippen LogP contribution < -0.4 is 10.6 Å². The van der Waals surface area contributed by atoms with E-state index in [4.69, 9.17) is 0 Å². The van der Waals surface area contributed by atoms with Gasteiger partial charge in [-0.05, 0) is 45.8 Å². The Hall–Kier alpha value is -1.62. The van der Waals surface area contributed by atoms with Crippen molar-refractivity contribution in [1.82, 2.24) is 5.32 Å². The zero-order chi connectivity index (χ0) is 13.2. The molecule has 1 saturated heterocycles. The molecule has 1 aromatic rings. The SMILES string of the molecule is Cc1c(NC2(C)CCNCC2)cccc1[N+](=O)[O-]. The topological polar surface area (TPSA) is 67.2 Å². The molecule has 5 nitrogen and oxygen atoms in total. The molecule has 1 aliphatic rings. The van der Waals surface area contributed by atoms with Crippen LogP contribution in [0.4, 0.5) is 11.4 Å². The molecule has 0 aromatic heterocycles. The van der Waals surface area contributed by atoms with Crippen LogP contribution in [0.1, 0.15) is 25.3 Å². The second-order valence-electron chi connectivity index (χ2n) is 5.14. The minimum atomic E-state index is -0.328. The highest BCUT2D eigenvalue weighted by atomic mass is 16.6. The average molecular weight is 249 g/mol. The van der Waals surface area contributed by atoms with E-state index in [1.54, 1.807) is 19.1 Å². The molecule has 1 aromatic carbocycles. The average Bonchev–Trinajstić information content (AvgIpc) is 2.32. The van der Waals surface area contributed by atoms with Crippen LogP contribution in [0.25, 0.3) is 0 Å². The Morgan fingerprint density at radius 3 is 2.67 bits per heavy atom. The number of nitrogens with one attached hydrogen (secondary N) is 2. The number of nitrogens with zero attached hydrogens (tertiary/aromatic N) is 1. The van der Waals surface area contributed by atoms with Crippen LogP contribution >= 0.6 is 0 Å². The van der Waals surface area contributed by atoms with Gasteiger partial charge in [-0.25, -0.2) is 0 Å². The third-order valence-electron chi connectivity index (χ3n) is 3.65. The summed E-state index contributed by atoms with van der Waals surface area (Å²) in [6.07, 6.45) is 2.05. The molecule has 98 valence electrons. The Labute approximate surface area is 107 Å². The first-order valence-electron chi connectivity index (χ1n) is 6.25. The molecule has 1 fully saturated rings. The monoisotopic (exact) mass is 249 g/mol. The molecule has 0 spiro atoms. The highest BCUT2D eigenvalue weighted by Crippen LogP contribution is 2.30. The predicted molar refractivity (Wildman–Crippen MR) is 72.0 cm³/mol. The number of nitro groups is 1. The van der Waals surface area contributed by atoms with E-state index in [1.807, 2.05) is 6.07 Å².